The Bertz CT molecular complexity index is 982. The van der Waals surface area contributed by atoms with Crippen LogP contribution in [0.3, 0.4) is 0 Å². The summed E-state index contributed by atoms with van der Waals surface area (Å²) in [5.74, 6) is -1.47. The predicted octanol–water partition coefficient (Wildman–Crippen LogP) is 5.62. The quantitative estimate of drug-likeness (QED) is 0.395. The Balaban J connectivity index is 2.60. The first-order valence-corrected chi connectivity index (χ1v) is 11.1. The van der Waals surface area contributed by atoms with Crippen molar-refractivity contribution in [3.8, 4) is 0 Å². The standard InChI is InChI=1S/C25H29Cl2NO4/c1-5-32-24(31)13-12-23(30)28(16-25(2,3)4)22-11-10-17(26)14-19(22)20(15-29)18-8-6-7-9-21(18)27/h6-14,20,29H,5,15-16H2,1-4H3/b13-12+. The van der Waals surface area contributed by atoms with E-state index in [1.807, 2.05) is 39.0 Å². The van der Waals surface area contributed by atoms with E-state index in [1.165, 1.54) is 6.08 Å². The van der Waals surface area contributed by atoms with Crippen molar-refractivity contribution in [1.29, 1.82) is 0 Å². The molecule has 1 N–H and O–H groups in total. The first kappa shape index (κ1) is 25.9. The Hall–Kier alpha value is -2.34. The van der Waals surface area contributed by atoms with Crippen molar-refractivity contribution in [3.63, 3.8) is 0 Å². The molecule has 32 heavy (non-hydrogen) atoms. The number of nitrogens with zero attached hydrogens (tertiary/aromatic N) is 1. The highest BCUT2D eigenvalue weighted by molar-refractivity contribution is 6.31. The van der Waals surface area contributed by atoms with Crippen LogP contribution in [-0.4, -0.2) is 36.7 Å². The summed E-state index contributed by atoms with van der Waals surface area (Å²) in [5, 5.41) is 11.3. The zero-order valence-electron chi connectivity index (χ0n) is 18.8. The minimum absolute atomic E-state index is 0.223. The highest BCUT2D eigenvalue weighted by Crippen LogP contribution is 2.38. The summed E-state index contributed by atoms with van der Waals surface area (Å²) < 4.78 is 4.88. The van der Waals surface area contributed by atoms with E-state index < -0.39 is 11.9 Å². The lowest BCUT2D eigenvalue weighted by Gasteiger charge is -2.32. The number of esters is 1. The average molecular weight is 478 g/mol. The van der Waals surface area contributed by atoms with Crippen molar-refractivity contribution in [2.45, 2.75) is 33.6 Å². The molecule has 2 aromatic rings. The number of halogens is 2. The maximum Gasteiger partial charge on any atom is 0.330 e. The molecule has 0 aliphatic carbocycles. The van der Waals surface area contributed by atoms with Gasteiger partial charge in [-0.15, -0.1) is 0 Å². The predicted molar refractivity (Wildman–Crippen MR) is 129 cm³/mol. The molecule has 2 aromatic carbocycles. The molecule has 0 fully saturated rings. The summed E-state index contributed by atoms with van der Waals surface area (Å²) in [6.45, 7) is 8.09. The van der Waals surface area contributed by atoms with Crippen LogP contribution in [-0.2, 0) is 14.3 Å². The molecule has 1 amide bonds. The number of benzene rings is 2. The van der Waals surface area contributed by atoms with Crippen LogP contribution >= 0.6 is 23.2 Å². The van der Waals surface area contributed by atoms with E-state index in [-0.39, 0.29) is 24.5 Å². The summed E-state index contributed by atoms with van der Waals surface area (Å²) in [6, 6.07) is 12.4. The first-order valence-electron chi connectivity index (χ1n) is 10.4. The molecule has 7 heteroatoms. The third-order valence-electron chi connectivity index (χ3n) is 4.67. The minimum Gasteiger partial charge on any atom is -0.463 e. The Morgan fingerprint density at radius 3 is 2.38 bits per heavy atom. The number of rotatable bonds is 8. The highest BCUT2D eigenvalue weighted by Gasteiger charge is 2.27. The molecule has 0 aliphatic rings. The fraction of sp³-hybridized carbons (Fsp3) is 0.360. The second-order valence-electron chi connectivity index (χ2n) is 8.53. The van der Waals surface area contributed by atoms with Gasteiger partial charge in [-0.25, -0.2) is 4.79 Å². The SMILES string of the molecule is CCOC(=O)/C=C/C(=O)N(CC(C)(C)C)c1ccc(Cl)cc1C(CO)c1ccccc1Cl. The van der Waals surface area contributed by atoms with Crippen LogP contribution in [0, 0.1) is 5.41 Å². The van der Waals surface area contributed by atoms with E-state index in [2.05, 4.69) is 0 Å². The van der Waals surface area contributed by atoms with Gasteiger partial charge in [0.25, 0.3) is 5.91 Å². The van der Waals surface area contributed by atoms with Crippen LogP contribution in [0.5, 0.6) is 0 Å². The molecule has 1 atom stereocenters. The molecule has 2 rings (SSSR count). The molecule has 0 saturated carbocycles. The summed E-state index contributed by atoms with van der Waals surface area (Å²) in [6.07, 6.45) is 2.32. The summed E-state index contributed by atoms with van der Waals surface area (Å²) in [4.78, 5) is 26.5. The Morgan fingerprint density at radius 2 is 1.78 bits per heavy atom. The molecule has 0 radical (unpaired) electrons. The monoisotopic (exact) mass is 477 g/mol. The van der Waals surface area contributed by atoms with Gasteiger partial charge in [0.2, 0.25) is 0 Å². The van der Waals surface area contributed by atoms with E-state index in [0.29, 0.717) is 27.8 Å². The normalized spacial score (nSPS) is 12.6. The van der Waals surface area contributed by atoms with Gasteiger partial charge in [-0.2, -0.15) is 0 Å². The topological polar surface area (TPSA) is 66.8 Å². The maximum absolute atomic E-state index is 13.2. The number of aliphatic hydroxyl groups is 1. The third-order valence-corrected chi connectivity index (χ3v) is 5.25. The molecule has 0 aliphatic heterocycles. The van der Waals surface area contributed by atoms with E-state index in [4.69, 9.17) is 27.9 Å². The van der Waals surface area contributed by atoms with Crippen molar-refractivity contribution in [1.82, 2.24) is 0 Å². The number of carbonyl (C=O) groups excluding carboxylic acids is 2. The lowest BCUT2D eigenvalue weighted by molar-refractivity contribution is -0.137. The van der Waals surface area contributed by atoms with Crippen LogP contribution in [0.15, 0.2) is 54.6 Å². The van der Waals surface area contributed by atoms with Gasteiger partial charge in [0, 0.05) is 40.3 Å². The van der Waals surface area contributed by atoms with Crippen LogP contribution in [0.2, 0.25) is 10.0 Å². The third kappa shape index (κ3) is 7.09. The fourth-order valence-corrected chi connectivity index (χ4v) is 3.80. The van der Waals surface area contributed by atoms with Gasteiger partial charge in [-0.05, 0) is 47.7 Å². The molecule has 0 saturated heterocycles. The van der Waals surface area contributed by atoms with Crippen molar-refractivity contribution < 1.29 is 19.4 Å². The number of hydrogen-bond donors (Lipinski definition) is 1. The molecule has 5 nitrogen and oxygen atoms in total. The van der Waals surface area contributed by atoms with Gasteiger partial charge in [-0.3, -0.25) is 4.79 Å². The zero-order chi connectivity index (χ0) is 23.9. The van der Waals surface area contributed by atoms with Gasteiger partial charge in [0.15, 0.2) is 0 Å². The van der Waals surface area contributed by atoms with Gasteiger partial charge in [-0.1, -0.05) is 62.2 Å². The van der Waals surface area contributed by atoms with Crippen molar-refractivity contribution in [3.05, 3.63) is 75.8 Å². The number of anilines is 1. The van der Waals surface area contributed by atoms with E-state index >= 15 is 0 Å². The summed E-state index contributed by atoms with van der Waals surface area (Å²) in [7, 11) is 0. The molecule has 0 bridgehead atoms. The fourth-order valence-electron chi connectivity index (χ4n) is 3.35. The van der Waals surface area contributed by atoms with Crippen molar-refractivity contribution in [2.24, 2.45) is 5.41 Å². The Kier molecular flexibility index (Phi) is 9.32. The molecule has 172 valence electrons. The highest BCUT2D eigenvalue weighted by atomic mass is 35.5. The maximum atomic E-state index is 13.2. The van der Waals surface area contributed by atoms with Crippen LogP contribution < -0.4 is 4.90 Å². The smallest absolute Gasteiger partial charge is 0.330 e. The largest absolute Gasteiger partial charge is 0.463 e. The van der Waals surface area contributed by atoms with Gasteiger partial charge >= 0.3 is 5.97 Å². The zero-order valence-corrected chi connectivity index (χ0v) is 20.3. The van der Waals surface area contributed by atoms with Crippen LogP contribution in [0.4, 0.5) is 5.69 Å². The minimum atomic E-state index is -0.586. The number of amides is 1. The van der Waals surface area contributed by atoms with Crippen LogP contribution in [0.1, 0.15) is 44.7 Å². The molecule has 1 unspecified atom stereocenters. The second-order valence-corrected chi connectivity index (χ2v) is 9.37. The Labute approximate surface area is 199 Å². The number of ether oxygens (including phenoxy) is 1. The number of hydrogen-bond acceptors (Lipinski definition) is 4. The average Bonchev–Trinajstić information content (AvgIpc) is 2.72. The van der Waals surface area contributed by atoms with Gasteiger partial charge in [0.05, 0.1) is 13.2 Å². The number of carbonyl (C=O) groups is 2. The van der Waals surface area contributed by atoms with Gasteiger partial charge < -0.3 is 14.7 Å². The molecule has 0 heterocycles. The molecule has 0 spiro atoms. The van der Waals surface area contributed by atoms with Gasteiger partial charge in [0.1, 0.15) is 0 Å². The lowest BCUT2D eigenvalue weighted by atomic mass is 9.89. The van der Waals surface area contributed by atoms with E-state index in [0.717, 1.165) is 11.6 Å². The van der Waals surface area contributed by atoms with E-state index in [9.17, 15) is 14.7 Å². The summed E-state index contributed by atoms with van der Waals surface area (Å²) in [5.41, 5.74) is 1.73. The van der Waals surface area contributed by atoms with E-state index in [1.54, 1.807) is 36.1 Å². The molecular weight excluding hydrogens is 449 g/mol. The lowest BCUT2D eigenvalue weighted by Crippen LogP contribution is -2.38. The van der Waals surface area contributed by atoms with Crippen molar-refractivity contribution in [2.75, 3.05) is 24.7 Å². The molecular formula is C25H29Cl2NO4. The Morgan fingerprint density at radius 1 is 1.09 bits per heavy atom. The first-order chi connectivity index (χ1) is 15.1. The number of aliphatic hydroxyl groups excluding tert-OH is 1. The second kappa shape index (κ2) is 11.5. The van der Waals surface area contributed by atoms with Crippen LogP contribution in [0.25, 0.3) is 0 Å². The van der Waals surface area contributed by atoms with Crippen molar-refractivity contribution >= 4 is 40.8 Å². The summed E-state index contributed by atoms with van der Waals surface area (Å²) >= 11 is 12.7. The molecule has 0 aromatic heterocycles.